The molecule has 1 heterocycles. The summed E-state index contributed by atoms with van der Waals surface area (Å²) in [5, 5.41) is 18.9. The molecule has 5 heteroatoms. The highest BCUT2D eigenvalue weighted by Crippen LogP contribution is 2.20. The van der Waals surface area contributed by atoms with Crippen molar-refractivity contribution in [1.29, 1.82) is 0 Å². The summed E-state index contributed by atoms with van der Waals surface area (Å²) in [5.41, 5.74) is 1.08. The van der Waals surface area contributed by atoms with Crippen LogP contribution in [0.2, 0.25) is 0 Å². The maximum Gasteiger partial charge on any atom is 0.303 e. The summed E-state index contributed by atoms with van der Waals surface area (Å²) in [4.78, 5) is 24.6. The topological polar surface area (TPSA) is 77.8 Å². The van der Waals surface area contributed by atoms with Gasteiger partial charge in [-0.15, -0.1) is 0 Å². The molecule has 1 aromatic carbocycles. The average molecular weight is 371 g/mol. The number of benzene rings is 1. The molecule has 1 saturated heterocycles. The number of amides is 1. The zero-order chi connectivity index (χ0) is 19.5. The molecule has 1 fully saturated rings. The first-order valence-corrected chi connectivity index (χ1v) is 9.63. The van der Waals surface area contributed by atoms with E-state index in [9.17, 15) is 14.7 Å². The fourth-order valence-electron chi connectivity index (χ4n) is 3.24. The number of carbonyl (C=O) groups excluding carboxylic acids is 1. The largest absolute Gasteiger partial charge is 0.481 e. The third kappa shape index (κ3) is 7.79. The Morgan fingerprint density at radius 2 is 2.04 bits per heavy atom. The number of carboxylic acid groups (broad SMARTS) is 1. The van der Waals surface area contributed by atoms with Crippen molar-refractivity contribution >= 4 is 11.9 Å². The molecular weight excluding hydrogens is 342 g/mol. The molecule has 0 bridgehead atoms. The van der Waals surface area contributed by atoms with Gasteiger partial charge in [-0.1, -0.05) is 54.6 Å². The van der Waals surface area contributed by atoms with E-state index in [1.165, 1.54) is 0 Å². The quantitative estimate of drug-likeness (QED) is 0.488. The lowest BCUT2D eigenvalue weighted by Gasteiger charge is -2.33. The number of allylic oxidation sites excluding steroid dienone is 1. The minimum absolute atomic E-state index is 0.000318. The highest BCUT2D eigenvalue weighted by atomic mass is 16.4. The SMILES string of the molecule is O=C(O)CCC/C=C\CN1C(=O)CCCC1/C=C/[C@H](O)Cc1ccccc1. The van der Waals surface area contributed by atoms with Crippen molar-refractivity contribution < 1.29 is 19.8 Å². The Morgan fingerprint density at radius 3 is 2.78 bits per heavy atom. The average Bonchev–Trinajstić information content (AvgIpc) is 2.65. The van der Waals surface area contributed by atoms with Crippen LogP contribution < -0.4 is 0 Å². The van der Waals surface area contributed by atoms with Crippen molar-refractivity contribution in [3.8, 4) is 0 Å². The molecule has 0 aliphatic carbocycles. The first kappa shape index (κ1) is 20.9. The number of hydrogen-bond donors (Lipinski definition) is 2. The molecule has 146 valence electrons. The summed E-state index contributed by atoms with van der Waals surface area (Å²) >= 11 is 0. The third-order valence-electron chi connectivity index (χ3n) is 4.68. The van der Waals surface area contributed by atoms with Gasteiger partial charge in [0.05, 0.1) is 12.1 Å². The van der Waals surface area contributed by atoms with Gasteiger partial charge in [0, 0.05) is 25.8 Å². The van der Waals surface area contributed by atoms with Gasteiger partial charge in [0.2, 0.25) is 5.91 Å². The summed E-state index contributed by atoms with van der Waals surface area (Å²) in [6.07, 6.45) is 11.4. The van der Waals surface area contributed by atoms with Gasteiger partial charge < -0.3 is 15.1 Å². The fourth-order valence-corrected chi connectivity index (χ4v) is 3.24. The molecule has 5 nitrogen and oxygen atoms in total. The molecule has 27 heavy (non-hydrogen) atoms. The van der Waals surface area contributed by atoms with Crippen LogP contribution in [0.25, 0.3) is 0 Å². The van der Waals surface area contributed by atoms with Gasteiger partial charge in [-0.2, -0.15) is 0 Å². The van der Waals surface area contributed by atoms with Crippen LogP contribution in [0.3, 0.4) is 0 Å². The van der Waals surface area contributed by atoms with E-state index in [-0.39, 0.29) is 18.4 Å². The van der Waals surface area contributed by atoms with Crippen molar-refractivity contribution in [3.63, 3.8) is 0 Å². The number of carboxylic acids is 1. The lowest BCUT2D eigenvalue weighted by molar-refractivity contribution is -0.137. The van der Waals surface area contributed by atoms with Crippen molar-refractivity contribution in [2.75, 3.05) is 6.54 Å². The van der Waals surface area contributed by atoms with Crippen molar-refractivity contribution in [1.82, 2.24) is 4.90 Å². The summed E-state index contributed by atoms with van der Waals surface area (Å²) in [6, 6.07) is 9.84. The van der Waals surface area contributed by atoms with E-state index in [2.05, 4.69) is 0 Å². The molecule has 0 radical (unpaired) electrons. The van der Waals surface area contributed by atoms with E-state index >= 15 is 0 Å². The Morgan fingerprint density at radius 1 is 1.26 bits per heavy atom. The molecular formula is C22H29NO4. The van der Waals surface area contributed by atoms with E-state index in [0.717, 1.165) is 18.4 Å². The molecule has 1 aliphatic rings. The normalized spacial score (nSPS) is 19.1. The zero-order valence-electron chi connectivity index (χ0n) is 15.7. The molecule has 1 amide bonds. The molecule has 2 atom stereocenters. The van der Waals surface area contributed by atoms with Gasteiger partial charge >= 0.3 is 5.97 Å². The Balaban J connectivity index is 1.85. The van der Waals surface area contributed by atoms with Gasteiger partial charge in [0.1, 0.15) is 0 Å². The highest BCUT2D eigenvalue weighted by Gasteiger charge is 2.25. The van der Waals surface area contributed by atoms with Crippen molar-refractivity contribution in [3.05, 3.63) is 60.2 Å². The number of unbranched alkanes of at least 4 members (excludes halogenated alkanes) is 1. The minimum Gasteiger partial charge on any atom is -0.481 e. The second kappa shape index (κ2) is 11.3. The van der Waals surface area contributed by atoms with Crippen LogP contribution in [-0.2, 0) is 16.0 Å². The minimum atomic E-state index is -0.783. The maximum atomic E-state index is 12.3. The smallest absolute Gasteiger partial charge is 0.303 e. The molecule has 1 unspecified atom stereocenters. The second-order valence-corrected chi connectivity index (χ2v) is 6.91. The number of carbonyl (C=O) groups is 2. The number of rotatable bonds is 10. The molecule has 1 aromatic rings. The van der Waals surface area contributed by atoms with E-state index in [1.807, 2.05) is 53.5 Å². The Kier molecular flexibility index (Phi) is 8.78. The third-order valence-corrected chi connectivity index (χ3v) is 4.68. The van der Waals surface area contributed by atoms with Crippen LogP contribution in [0.4, 0.5) is 0 Å². The van der Waals surface area contributed by atoms with Gasteiger partial charge in [-0.3, -0.25) is 9.59 Å². The van der Waals surface area contributed by atoms with Crippen LogP contribution >= 0.6 is 0 Å². The lowest BCUT2D eigenvalue weighted by atomic mass is 9.99. The van der Waals surface area contributed by atoms with E-state index < -0.39 is 12.1 Å². The Hall–Kier alpha value is -2.40. The van der Waals surface area contributed by atoms with Crippen LogP contribution in [-0.4, -0.2) is 45.7 Å². The maximum absolute atomic E-state index is 12.3. The zero-order valence-corrected chi connectivity index (χ0v) is 15.7. The standard InChI is InChI=1S/C22H29NO4/c24-20(17-18-9-4-3-5-10-18)15-14-19-11-8-12-21(25)23(19)16-7-2-1-6-13-22(26)27/h2-5,7,9-10,14-15,19-20,24H,1,6,8,11-13,16-17H2,(H,26,27)/b7-2-,15-14+/t19?,20-/m0/s1. The highest BCUT2D eigenvalue weighted by molar-refractivity contribution is 5.77. The van der Waals surface area contributed by atoms with Crippen LogP contribution in [0.1, 0.15) is 44.1 Å². The van der Waals surface area contributed by atoms with Crippen LogP contribution in [0.5, 0.6) is 0 Å². The summed E-state index contributed by atoms with van der Waals surface area (Å²) in [6.45, 7) is 0.524. The first-order valence-electron chi connectivity index (χ1n) is 9.63. The van der Waals surface area contributed by atoms with E-state index in [0.29, 0.717) is 32.2 Å². The Bertz CT molecular complexity index is 654. The number of likely N-dealkylation sites (tertiary alicyclic amines) is 1. The summed E-state index contributed by atoms with van der Waals surface area (Å²) < 4.78 is 0. The van der Waals surface area contributed by atoms with Crippen LogP contribution in [0.15, 0.2) is 54.6 Å². The number of aliphatic hydroxyl groups is 1. The number of aliphatic carboxylic acids is 1. The molecule has 2 N–H and O–H groups in total. The Labute approximate surface area is 161 Å². The van der Waals surface area contributed by atoms with Gasteiger partial charge in [0.15, 0.2) is 0 Å². The monoisotopic (exact) mass is 371 g/mol. The molecule has 1 aliphatic heterocycles. The first-order chi connectivity index (χ1) is 13.1. The van der Waals surface area contributed by atoms with Gasteiger partial charge in [-0.05, 0) is 31.2 Å². The van der Waals surface area contributed by atoms with Crippen molar-refractivity contribution in [2.45, 2.75) is 57.1 Å². The molecule has 2 rings (SSSR count). The molecule has 0 spiro atoms. The summed E-state index contributed by atoms with van der Waals surface area (Å²) in [7, 11) is 0. The number of piperidine rings is 1. The van der Waals surface area contributed by atoms with E-state index in [1.54, 1.807) is 6.08 Å². The molecule has 0 aromatic heterocycles. The second-order valence-electron chi connectivity index (χ2n) is 6.91. The van der Waals surface area contributed by atoms with Crippen LogP contribution in [0, 0.1) is 0 Å². The van der Waals surface area contributed by atoms with Gasteiger partial charge in [0.25, 0.3) is 0 Å². The fraction of sp³-hybridized carbons (Fsp3) is 0.455. The summed E-state index contributed by atoms with van der Waals surface area (Å²) in [5.74, 6) is -0.655. The number of aliphatic hydroxyl groups excluding tert-OH is 1. The number of nitrogens with zero attached hydrogens (tertiary/aromatic N) is 1. The van der Waals surface area contributed by atoms with Gasteiger partial charge in [-0.25, -0.2) is 0 Å². The molecule has 0 saturated carbocycles. The van der Waals surface area contributed by atoms with Crippen molar-refractivity contribution in [2.24, 2.45) is 0 Å². The number of hydrogen-bond acceptors (Lipinski definition) is 3. The van der Waals surface area contributed by atoms with E-state index in [4.69, 9.17) is 5.11 Å². The predicted octanol–water partition coefficient (Wildman–Crippen LogP) is 3.34. The predicted molar refractivity (Wildman–Crippen MR) is 105 cm³/mol. The lowest BCUT2D eigenvalue weighted by Crippen LogP contribution is -2.42.